The van der Waals surface area contributed by atoms with Gasteiger partial charge in [-0.25, -0.2) is 0 Å². The van der Waals surface area contributed by atoms with Gasteiger partial charge in [-0.2, -0.15) is 0 Å². The van der Waals surface area contributed by atoms with Gasteiger partial charge in [0, 0.05) is 54.0 Å². The van der Waals surface area contributed by atoms with Crippen LogP contribution in [-0.2, 0) is 5.41 Å². The van der Waals surface area contributed by atoms with Crippen molar-refractivity contribution in [2.24, 2.45) is 0 Å². The van der Waals surface area contributed by atoms with Gasteiger partial charge in [0.1, 0.15) is 4.83 Å². The Morgan fingerprint density at radius 2 is 1.42 bits per heavy atom. The van der Waals surface area contributed by atoms with E-state index >= 15 is 0 Å². The van der Waals surface area contributed by atoms with E-state index in [2.05, 4.69) is 153 Å². The van der Waals surface area contributed by atoms with Gasteiger partial charge in [0.2, 0.25) is 0 Å². The van der Waals surface area contributed by atoms with Crippen molar-refractivity contribution in [3.8, 4) is 39.2 Å². The number of nitrogens with one attached hydrogen (secondary N) is 1. The van der Waals surface area contributed by atoms with Crippen LogP contribution in [0.3, 0.4) is 0 Å². The van der Waals surface area contributed by atoms with Crippen molar-refractivity contribution in [2.45, 2.75) is 40.0 Å². The Morgan fingerprint density at radius 3 is 2.28 bits per heavy atom. The maximum atomic E-state index is 3.94. The minimum Gasteiger partial charge on any atom is -0.346 e. The molecule has 1 aliphatic carbocycles. The minimum absolute atomic E-state index is 0.0898. The van der Waals surface area contributed by atoms with E-state index < -0.39 is 0 Å². The molecule has 4 heterocycles. The molecule has 2 nitrogen and oxygen atoms in total. The maximum absolute atomic E-state index is 3.94. The largest absolute Gasteiger partial charge is 0.346 e. The number of hydrogen-bond acceptors (Lipinski definition) is 1. The van der Waals surface area contributed by atoms with Gasteiger partial charge < -0.3 is 9.55 Å². The first-order valence-corrected chi connectivity index (χ1v) is 18.6. The average molecular weight is 659 g/mol. The van der Waals surface area contributed by atoms with Gasteiger partial charge in [-0.3, -0.25) is 0 Å². The lowest BCUT2D eigenvalue weighted by Gasteiger charge is -2.27. The van der Waals surface area contributed by atoms with Crippen LogP contribution in [0.15, 0.2) is 109 Å². The predicted octanol–water partition coefficient (Wildman–Crippen LogP) is 10.7. The number of aromatic amines is 1. The van der Waals surface area contributed by atoms with Crippen molar-refractivity contribution in [2.75, 3.05) is 0 Å². The third kappa shape index (κ3) is 3.54. The molecule has 0 spiro atoms. The van der Waals surface area contributed by atoms with Crippen LogP contribution in [0.4, 0.5) is 0 Å². The highest BCUT2D eigenvalue weighted by atomic mass is 32.1. The van der Waals surface area contributed by atoms with E-state index in [1.807, 2.05) is 11.3 Å². The van der Waals surface area contributed by atoms with Crippen molar-refractivity contribution in [1.29, 1.82) is 0 Å². The molecule has 6 aromatic carbocycles. The molecule has 0 amide bonds. The molecule has 0 saturated heterocycles. The van der Waals surface area contributed by atoms with E-state index in [0.717, 1.165) is 7.28 Å². The Bertz CT molecular complexity index is 2940. The van der Waals surface area contributed by atoms with Crippen LogP contribution in [0.1, 0.15) is 41.7 Å². The number of fused-ring (bicyclic) bond motifs is 12. The normalized spacial score (nSPS) is 14.0. The fourth-order valence-corrected chi connectivity index (χ4v) is 11.1. The SMILES string of the molecule is Cc1cc(C)c(-c2cc(-c3cccc4c3[nH]c3sc5ccccc5c34)c3c(c2)-n2c4c(c5cccc(c52)B3)C(C)(C)c2ccccc2-4)c(C)c1. The second-order valence-corrected chi connectivity index (χ2v) is 16.2. The minimum atomic E-state index is -0.0898. The van der Waals surface area contributed by atoms with Gasteiger partial charge in [-0.05, 0) is 83.4 Å². The predicted molar refractivity (Wildman–Crippen MR) is 217 cm³/mol. The first-order valence-electron chi connectivity index (χ1n) is 17.7. The lowest BCUT2D eigenvalue weighted by Crippen LogP contribution is -2.37. The summed E-state index contributed by atoms with van der Waals surface area (Å²) in [5.74, 6) is 0. The van der Waals surface area contributed by atoms with Gasteiger partial charge in [0.05, 0.1) is 11.2 Å². The highest BCUT2D eigenvalue weighted by molar-refractivity contribution is 7.25. The van der Waals surface area contributed by atoms with Gasteiger partial charge in [-0.15, -0.1) is 11.3 Å². The summed E-state index contributed by atoms with van der Waals surface area (Å²) in [5, 5.41) is 5.36. The van der Waals surface area contributed by atoms with Crippen LogP contribution in [0.2, 0.25) is 0 Å². The molecule has 11 rings (SSSR count). The van der Waals surface area contributed by atoms with E-state index in [-0.39, 0.29) is 5.41 Å². The van der Waals surface area contributed by atoms with Crippen molar-refractivity contribution in [3.63, 3.8) is 0 Å². The van der Waals surface area contributed by atoms with Crippen molar-refractivity contribution in [1.82, 2.24) is 9.55 Å². The fourth-order valence-electron chi connectivity index (χ4n) is 9.94. The van der Waals surface area contributed by atoms with Crippen molar-refractivity contribution in [3.05, 3.63) is 137 Å². The lowest BCUT2D eigenvalue weighted by molar-refractivity contribution is 0.666. The Kier molecular flexibility index (Phi) is 5.52. The van der Waals surface area contributed by atoms with Crippen LogP contribution in [-0.4, -0.2) is 16.8 Å². The summed E-state index contributed by atoms with van der Waals surface area (Å²) in [6.07, 6.45) is 0. The molecular weight excluding hydrogens is 623 g/mol. The molecule has 0 bridgehead atoms. The van der Waals surface area contributed by atoms with Gasteiger partial charge >= 0.3 is 0 Å². The molecule has 0 radical (unpaired) electrons. The molecule has 0 fully saturated rings. The number of nitrogens with zero attached hydrogens (tertiary/aromatic N) is 1. The Balaban J connectivity index is 1.29. The molecule has 50 heavy (non-hydrogen) atoms. The van der Waals surface area contributed by atoms with E-state index in [9.17, 15) is 0 Å². The Hall–Kier alpha value is -5.32. The average Bonchev–Trinajstić information content (AvgIpc) is 3.82. The van der Waals surface area contributed by atoms with E-state index in [1.165, 1.54) is 120 Å². The zero-order chi connectivity index (χ0) is 33.6. The fraction of sp³-hybridized carbons (Fsp3) is 0.130. The first kappa shape index (κ1) is 28.5. The summed E-state index contributed by atoms with van der Waals surface area (Å²) >= 11 is 1.86. The number of para-hydroxylation sites is 2. The molecular formula is C46H35BN2S. The molecule has 0 atom stereocenters. The summed E-state index contributed by atoms with van der Waals surface area (Å²) in [4.78, 5) is 5.19. The monoisotopic (exact) mass is 658 g/mol. The van der Waals surface area contributed by atoms with Crippen LogP contribution in [0.5, 0.6) is 0 Å². The first-order chi connectivity index (χ1) is 24.3. The topological polar surface area (TPSA) is 20.7 Å². The molecule has 9 aromatic rings. The molecule has 0 unspecified atom stereocenters. The second kappa shape index (κ2) is 9.68. The van der Waals surface area contributed by atoms with Crippen molar-refractivity contribution < 1.29 is 0 Å². The summed E-state index contributed by atoms with van der Waals surface area (Å²) in [5.41, 5.74) is 21.4. The van der Waals surface area contributed by atoms with Crippen LogP contribution in [0.25, 0.3) is 81.3 Å². The summed E-state index contributed by atoms with van der Waals surface area (Å²) in [7, 11) is 0.896. The van der Waals surface area contributed by atoms with Crippen molar-refractivity contribution >= 4 is 71.7 Å². The number of aryl methyl sites for hydroxylation is 3. The molecule has 1 N–H and O–H groups in total. The molecule has 2 aliphatic rings. The molecule has 0 saturated carbocycles. The summed E-state index contributed by atoms with van der Waals surface area (Å²) in [6, 6.07) is 41.5. The van der Waals surface area contributed by atoms with E-state index in [0.29, 0.717) is 0 Å². The number of benzene rings is 6. The van der Waals surface area contributed by atoms with Crippen LogP contribution < -0.4 is 10.9 Å². The second-order valence-electron chi connectivity index (χ2n) is 15.2. The highest BCUT2D eigenvalue weighted by Gasteiger charge is 2.42. The zero-order valence-electron chi connectivity index (χ0n) is 29.0. The highest BCUT2D eigenvalue weighted by Crippen LogP contribution is 2.54. The number of H-pyrrole nitrogens is 1. The standard InChI is InChI=1S/C46H35BN2S/c1-24-20-25(2)38(26(3)21-24)27-22-33(28-14-10-15-31-39-30-13-7-9-19-37(30)50-45(39)48-42(28)31)41-36(23-27)49-43-32(16-11-18-35(43)47-41)40-44(49)29-12-6-8-17-34(29)46(40,4)5/h6-23,47-48H,1-5H3. The quantitative estimate of drug-likeness (QED) is 0.179. The lowest BCUT2D eigenvalue weighted by atomic mass is 9.58. The van der Waals surface area contributed by atoms with Crippen LogP contribution in [0, 0.1) is 20.8 Å². The third-order valence-corrected chi connectivity index (χ3v) is 12.9. The number of aromatic nitrogens is 2. The number of thiophene rings is 1. The van der Waals surface area contributed by atoms with Gasteiger partial charge in [-0.1, -0.05) is 116 Å². The number of rotatable bonds is 2. The molecule has 4 heteroatoms. The Morgan fingerprint density at radius 1 is 0.700 bits per heavy atom. The molecule has 238 valence electrons. The third-order valence-electron chi connectivity index (χ3n) is 11.8. The molecule has 3 aromatic heterocycles. The van der Waals surface area contributed by atoms with E-state index in [4.69, 9.17) is 0 Å². The zero-order valence-corrected chi connectivity index (χ0v) is 29.8. The Labute approximate surface area is 296 Å². The number of hydrogen-bond donors (Lipinski definition) is 1. The summed E-state index contributed by atoms with van der Waals surface area (Å²) < 4.78 is 3.98. The van der Waals surface area contributed by atoms with Gasteiger partial charge in [0.15, 0.2) is 7.28 Å². The smallest absolute Gasteiger partial charge is 0.198 e. The summed E-state index contributed by atoms with van der Waals surface area (Å²) in [6.45, 7) is 11.6. The van der Waals surface area contributed by atoms with Crippen LogP contribution >= 0.6 is 11.3 Å². The maximum Gasteiger partial charge on any atom is 0.198 e. The molecule has 1 aliphatic heterocycles. The van der Waals surface area contributed by atoms with Gasteiger partial charge in [0.25, 0.3) is 0 Å². The van der Waals surface area contributed by atoms with E-state index in [1.54, 1.807) is 0 Å².